The summed E-state index contributed by atoms with van der Waals surface area (Å²) in [4.78, 5) is 0. The van der Waals surface area contributed by atoms with E-state index >= 15 is 0 Å². The van der Waals surface area contributed by atoms with Gasteiger partial charge in [-0.2, -0.15) is 0 Å². The minimum atomic E-state index is -0.142. The first kappa shape index (κ1) is 10.7. The SMILES string of the molecule is Cc1ccc2c(c1)C(C)(C)OCC2(C)C. The zero-order valence-corrected chi connectivity index (χ0v) is 10.3. The van der Waals surface area contributed by atoms with Gasteiger partial charge in [-0.3, -0.25) is 0 Å². The summed E-state index contributed by atoms with van der Waals surface area (Å²) in [5, 5.41) is 0. The van der Waals surface area contributed by atoms with Gasteiger partial charge in [0.05, 0.1) is 12.2 Å². The van der Waals surface area contributed by atoms with E-state index in [1.54, 1.807) is 0 Å². The average Bonchev–Trinajstić information content (AvgIpc) is 2.13. The number of ether oxygens (including phenoxy) is 1. The lowest BCUT2D eigenvalue weighted by Crippen LogP contribution is -2.39. The lowest BCUT2D eigenvalue weighted by atomic mass is 9.75. The Bertz CT molecular complexity index is 388. The van der Waals surface area contributed by atoms with Crippen molar-refractivity contribution in [3.05, 3.63) is 34.9 Å². The molecule has 0 atom stereocenters. The highest BCUT2D eigenvalue weighted by molar-refractivity contribution is 5.41. The molecule has 0 bridgehead atoms. The first-order valence-corrected chi connectivity index (χ1v) is 5.58. The van der Waals surface area contributed by atoms with Crippen LogP contribution in [0.5, 0.6) is 0 Å². The Kier molecular flexibility index (Phi) is 2.20. The van der Waals surface area contributed by atoms with Crippen LogP contribution in [-0.2, 0) is 15.8 Å². The summed E-state index contributed by atoms with van der Waals surface area (Å²) in [6.45, 7) is 11.7. The fourth-order valence-corrected chi connectivity index (χ4v) is 2.26. The number of hydrogen-bond acceptors (Lipinski definition) is 1. The molecule has 1 aliphatic heterocycles. The van der Waals surface area contributed by atoms with Gasteiger partial charge in [-0.25, -0.2) is 0 Å². The number of aryl methyl sites for hydroxylation is 1. The summed E-state index contributed by atoms with van der Waals surface area (Å²) in [5.74, 6) is 0. The molecule has 1 aromatic carbocycles. The Morgan fingerprint density at radius 2 is 1.73 bits per heavy atom. The smallest absolute Gasteiger partial charge is 0.0878 e. The molecule has 0 saturated carbocycles. The Balaban J connectivity index is 2.64. The Hall–Kier alpha value is -0.820. The quantitative estimate of drug-likeness (QED) is 0.628. The summed E-state index contributed by atoms with van der Waals surface area (Å²) in [6, 6.07) is 6.72. The standard InChI is InChI=1S/C14H20O/c1-10-6-7-11-12(8-10)14(4,5)15-9-13(11,2)3/h6-8H,9H2,1-5H3. The molecule has 2 rings (SSSR count). The minimum absolute atomic E-state index is 0.137. The van der Waals surface area contributed by atoms with E-state index in [0.29, 0.717) is 0 Å². The zero-order valence-electron chi connectivity index (χ0n) is 10.3. The maximum atomic E-state index is 5.96. The van der Waals surface area contributed by atoms with Gasteiger partial charge >= 0.3 is 0 Å². The second-order valence-corrected chi connectivity index (χ2v) is 5.73. The van der Waals surface area contributed by atoms with Crippen molar-refractivity contribution < 1.29 is 4.74 Å². The van der Waals surface area contributed by atoms with E-state index in [1.807, 2.05) is 0 Å². The highest BCUT2D eigenvalue weighted by atomic mass is 16.5. The number of fused-ring (bicyclic) bond motifs is 1. The van der Waals surface area contributed by atoms with Gasteiger partial charge in [-0.1, -0.05) is 37.6 Å². The second kappa shape index (κ2) is 3.08. The fraction of sp³-hybridized carbons (Fsp3) is 0.571. The monoisotopic (exact) mass is 204 g/mol. The third-order valence-electron chi connectivity index (χ3n) is 3.35. The summed E-state index contributed by atoms with van der Waals surface area (Å²) >= 11 is 0. The maximum Gasteiger partial charge on any atom is 0.0878 e. The van der Waals surface area contributed by atoms with Crippen LogP contribution in [0.15, 0.2) is 18.2 Å². The van der Waals surface area contributed by atoms with Crippen molar-refractivity contribution in [2.75, 3.05) is 6.61 Å². The molecule has 15 heavy (non-hydrogen) atoms. The molecule has 1 aliphatic rings. The van der Waals surface area contributed by atoms with Crippen LogP contribution >= 0.6 is 0 Å². The van der Waals surface area contributed by atoms with Crippen molar-refractivity contribution in [3.8, 4) is 0 Å². The summed E-state index contributed by atoms with van der Waals surface area (Å²) in [7, 11) is 0. The number of benzene rings is 1. The molecule has 1 heteroatoms. The third kappa shape index (κ3) is 1.69. The van der Waals surface area contributed by atoms with E-state index in [2.05, 4.69) is 52.8 Å². The average molecular weight is 204 g/mol. The van der Waals surface area contributed by atoms with Crippen molar-refractivity contribution in [2.45, 2.75) is 45.6 Å². The van der Waals surface area contributed by atoms with Crippen LogP contribution in [0.25, 0.3) is 0 Å². The summed E-state index contributed by atoms with van der Waals surface area (Å²) in [6.07, 6.45) is 0. The second-order valence-electron chi connectivity index (χ2n) is 5.73. The van der Waals surface area contributed by atoms with Crippen LogP contribution in [0.2, 0.25) is 0 Å². The van der Waals surface area contributed by atoms with Crippen molar-refractivity contribution in [1.82, 2.24) is 0 Å². The van der Waals surface area contributed by atoms with E-state index in [9.17, 15) is 0 Å². The van der Waals surface area contributed by atoms with Crippen LogP contribution in [0.1, 0.15) is 44.4 Å². The highest BCUT2D eigenvalue weighted by Crippen LogP contribution is 2.41. The molecule has 0 saturated heterocycles. The maximum absolute atomic E-state index is 5.96. The molecule has 0 aromatic heterocycles. The van der Waals surface area contributed by atoms with E-state index in [0.717, 1.165) is 6.61 Å². The molecule has 0 fully saturated rings. The van der Waals surface area contributed by atoms with Gasteiger partial charge in [0.15, 0.2) is 0 Å². The van der Waals surface area contributed by atoms with Gasteiger partial charge in [0.2, 0.25) is 0 Å². The fourth-order valence-electron chi connectivity index (χ4n) is 2.26. The molecule has 0 spiro atoms. The topological polar surface area (TPSA) is 9.23 Å². The van der Waals surface area contributed by atoms with Crippen LogP contribution in [0.3, 0.4) is 0 Å². The predicted octanol–water partition coefficient (Wildman–Crippen LogP) is 3.54. The summed E-state index contributed by atoms with van der Waals surface area (Å²) < 4.78 is 5.96. The molecule has 0 radical (unpaired) electrons. The van der Waals surface area contributed by atoms with Gasteiger partial charge in [0, 0.05) is 5.41 Å². The van der Waals surface area contributed by atoms with Crippen LogP contribution in [0.4, 0.5) is 0 Å². The normalized spacial score (nSPS) is 22.2. The minimum Gasteiger partial charge on any atom is -0.370 e. The van der Waals surface area contributed by atoms with Crippen molar-refractivity contribution in [3.63, 3.8) is 0 Å². The van der Waals surface area contributed by atoms with Gasteiger partial charge < -0.3 is 4.74 Å². The van der Waals surface area contributed by atoms with Gasteiger partial charge in [-0.05, 0) is 31.9 Å². The predicted molar refractivity (Wildman–Crippen MR) is 63.2 cm³/mol. The zero-order chi connectivity index (χ0) is 11.3. The Morgan fingerprint density at radius 3 is 2.40 bits per heavy atom. The first-order valence-electron chi connectivity index (χ1n) is 5.58. The van der Waals surface area contributed by atoms with E-state index < -0.39 is 0 Å². The molecule has 0 unspecified atom stereocenters. The van der Waals surface area contributed by atoms with Crippen LogP contribution < -0.4 is 0 Å². The van der Waals surface area contributed by atoms with Gasteiger partial charge in [0.1, 0.15) is 0 Å². The Morgan fingerprint density at radius 1 is 1.07 bits per heavy atom. The molecular formula is C14H20O. The third-order valence-corrected chi connectivity index (χ3v) is 3.35. The number of rotatable bonds is 0. The van der Waals surface area contributed by atoms with E-state index in [4.69, 9.17) is 4.74 Å². The van der Waals surface area contributed by atoms with Crippen molar-refractivity contribution in [2.24, 2.45) is 0 Å². The van der Waals surface area contributed by atoms with Crippen LogP contribution in [0, 0.1) is 6.92 Å². The van der Waals surface area contributed by atoms with Gasteiger partial charge in [-0.15, -0.1) is 0 Å². The molecule has 0 aliphatic carbocycles. The largest absolute Gasteiger partial charge is 0.370 e. The molecule has 0 amide bonds. The molecule has 1 nitrogen and oxygen atoms in total. The Labute approximate surface area is 92.5 Å². The molecular weight excluding hydrogens is 184 g/mol. The first-order chi connectivity index (χ1) is 6.83. The number of hydrogen-bond donors (Lipinski definition) is 0. The molecule has 1 aromatic rings. The molecule has 1 heterocycles. The van der Waals surface area contributed by atoms with Crippen molar-refractivity contribution >= 4 is 0 Å². The molecule has 82 valence electrons. The lowest BCUT2D eigenvalue weighted by Gasteiger charge is -2.41. The van der Waals surface area contributed by atoms with Crippen LogP contribution in [-0.4, -0.2) is 6.61 Å². The van der Waals surface area contributed by atoms with Crippen molar-refractivity contribution in [1.29, 1.82) is 0 Å². The lowest BCUT2D eigenvalue weighted by molar-refractivity contribution is -0.0587. The molecule has 0 N–H and O–H groups in total. The van der Waals surface area contributed by atoms with Gasteiger partial charge in [0.25, 0.3) is 0 Å². The summed E-state index contributed by atoms with van der Waals surface area (Å²) in [5.41, 5.74) is 4.08. The van der Waals surface area contributed by atoms with E-state index in [-0.39, 0.29) is 11.0 Å². The van der Waals surface area contributed by atoms with E-state index in [1.165, 1.54) is 16.7 Å². The highest BCUT2D eigenvalue weighted by Gasteiger charge is 2.37.